The van der Waals surface area contributed by atoms with Gasteiger partial charge in [-0.2, -0.15) is 4.99 Å². The Bertz CT molecular complexity index is 1070. The molecule has 1 unspecified atom stereocenters. The highest BCUT2D eigenvalue weighted by molar-refractivity contribution is 7.16. The number of carboxylic acids is 1. The van der Waals surface area contributed by atoms with Crippen molar-refractivity contribution in [2.45, 2.75) is 26.3 Å². The first-order chi connectivity index (χ1) is 12.4. The van der Waals surface area contributed by atoms with E-state index < -0.39 is 17.9 Å². The van der Waals surface area contributed by atoms with Gasteiger partial charge in [-0.1, -0.05) is 42.0 Å². The van der Waals surface area contributed by atoms with Crippen LogP contribution in [0.5, 0.6) is 0 Å². The van der Waals surface area contributed by atoms with Crippen molar-refractivity contribution in [2.24, 2.45) is 4.99 Å². The third kappa shape index (κ3) is 3.57. The standard InChI is InChI=1S/C19H17ClN2O3S/c1-3-14(18(24)25)22-15-9-11(2)7-8-16(15)26-19(22)21-17(23)12-5-4-6-13(20)10-12/h4-10,14H,3H2,1-2H3,(H,24,25)/b21-19-. The molecule has 1 heterocycles. The largest absolute Gasteiger partial charge is 0.480 e. The second-order valence-electron chi connectivity index (χ2n) is 5.92. The van der Waals surface area contributed by atoms with Crippen LogP contribution in [0.3, 0.4) is 0 Å². The van der Waals surface area contributed by atoms with Gasteiger partial charge in [-0.05, 0) is 49.2 Å². The molecule has 0 spiro atoms. The van der Waals surface area contributed by atoms with E-state index in [0.29, 0.717) is 21.8 Å². The molecule has 0 aliphatic heterocycles. The highest BCUT2D eigenvalue weighted by Crippen LogP contribution is 2.24. The van der Waals surface area contributed by atoms with Gasteiger partial charge in [0.25, 0.3) is 5.91 Å². The van der Waals surface area contributed by atoms with Gasteiger partial charge in [-0.25, -0.2) is 4.79 Å². The molecule has 26 heavy (non-hydrogen) atoms. The first-order valence-corrected chi connectivity index (χ1v) is 9.29. The smallest absolute Gasteiger partial charge is 0.326 e. The summed E-state index contributed by atoms with van der Waals surface area (Å²) in [5, 5.41) is 10.1. The molecule has 0 aliphatic rings. The predicted octanol–water partition coefficient (Wildman–Crippen LogP) is 4.44. The summed E-state index contributed by atoms with van der Waals surface area (Å²) in [4.78, 5) is 28.9. The molecular formula is C19H17ClN2O3S. The Balaban J connectivity index is 2.24. The van der Waals surface area contributed by atoms with Crippen LogP contribution in [-0.2, 0) is 4.79 Å². The van der Waals surface area contributed by atoms with Crippen LogP contribution in [0.15, 0.2) is 47.5 Å². The number of thiazole rings is 1. The quantitative estimate of drug-likeness (QED) is 0.718. The molecule has 0 aliphatic carbocycles. The minimum atomic E-state index is -0.953. The lowest BCUT2D eigenvalue weighted by atomic mass is 10.2. The summed E-state index contributed by atoms with van der Waals surface area (Å²) in [6.45, 7) is 3.74. The highest BCUT2D eigenvalue weighted by Gasteiger charge is 2.22. The summed E-state index contributed by atoms with van der Waals surface area (Å²) in [6.07, 6.45) is 0.383. The number of amides is 1. The van der Waals surface area contributed by atoms with Gasteiger partial charge in [0.1, 0.15) is 6.04 Å². The van der Waals surface area contributed by atoms with Gasteiger partial charge in [0.2, 0.25) is 0 Å². The number of aliphatic carboxylic acids is 1. The third-order valence-electron chi connectivity index (χ3n) is 4.03. The van der Waals surface area contributed by atoms with Crippen LogP contribution in [0.25, 0.3) is 10.2 Å². The molecular weight excluding hydrogens is 372 g/mol. The Kier molecular flexibility index (Phi) is 5.25. The van der Waals surface area contributed by atoms with Crippen LogP contribution < -0.4 is 4.80 Å². The molecule has 1 aromatic heterocycles. The molecule has 3 rings (SSSR count). The molecule has 1 N–H and O–H groups in total. The van der Waals surface area contributed by atoms with Gasteiger partial charge >= 0.3 is 5.97 Å². The van der Waals surface area contributed by atoms with Gasteiger partial charge in [0.15, 0.2) is 4.80 Å². The molecule has 7 heteroatoms. The minimum Gasteiger partial charge on any atom is -0.480 e. The zero-order chi connectivity index (χ0) is 18.8. The first-order valence-electron chi connectivity index (χ1n) is 8.10. The average molecular weight is 389 g/mol. The van der Waals surface area contributed by atoms with Crippen LogP contribution in [0, 0.1) is 6.92 Å². The molecule has 0 saturated heterocycles. The van der Waals surface area contributed by atoms with Crippen LogP contribution in [0.1, 0.15) is 35.3 Å². The second kappa shape index (κ2) is 7.43. The van der Waals surface area contributed by atoms with E-state index in [0.717, 1.165) is 15.8 Å². The van der Waals surface area contributed by atoms with E-state index in [1.54, 1.807) is 35.8 Å². The number of carboxylic acid groups (broad SMARTS) is 1. The molecule has 0 fully saturated rings. The lowest BCUT2D eigenvalue weighted by molar-refractivity contribution is -0.140. The van der Waals surface area contributed by atoms with Crippen molar-refractivity contribution < 1.29 is 14.7 Å². The summed E-state index contributed by atoms with van der Waals surface area (Å²) in [6, 6.07) is 11.5. The maximum Gasteiger partial charge on any atom is 0.326 e. The second-order valence-corrected chi connectivity index (χ2v) is 7.36. The molecule has 3 aromatic rings. The van der Waals surface area contributed by atoms with Gasteiger partial charge in [-0.15, -0.1) is 0 Å². The van der Waals surface area contributed by atoms with Crippen molar-refractivity contribution in [1.29, 1.82) is 0 Å². The third-order valence-corrected chi connectivity index (χ3v) is 5.30. The molecule has 134 valence electrons. The van der Waals surface area contributed by atoms with E-state index in [-0.39, 0.29) is 0 Å². The fraction of sp³-hybridized carbons (Fsp3) is 0.211. The average Bonchev–Trinajstić information content (AvgIpc) is 2.93. The molecule has 0 radical (unpaired) electrons. The number of benzene rings is 2. The predicted molar refractivity (Wildman–Crippen MR) is 103 cm³/mol. The summed E-state index contributed by atoms with van der Waals surface area (Å²) in [5.74, 6) is -1.41. The number of aryl methyl sites for hydroxylation is 1. The SMILES string of the molecule is CCC(C(=O)O)n1/c(=N/C(=O)c2cccc(Cl)c2)sc2ccc(C)cc21. The van der Waals surface area contributed by atoms with E-state index in [1.807, 2.05) is 25.1 Å². The molecule has 1 atom stereocenters. The number of halogens is 1. The number of hydrogen-bond acceptors (Lipinski definition) is 3. The van der Waals surface area contributed by atoms with Crippen molar-refractivity contribution >= 4 is 45.0 Å². The number of nitrogens with zero attached hydrogens (tertiary/aromatic N) is 2. The summed E-state index contributed by atoms with van der Waals surface area (Å²) < 4.78 is 2.52. The fourth-order valence-electron chi connectivity index (χ4n) is 2.77. The molecule has 0 bridgehead atoms. The summed E-state index contributed by atoms with van der Waals surface area (Å²) >= 11 is 7.25. The van der Waals surface area contributed by atoms with Gasteiger partial charge in [-0.3, -0.25) is 4.79 Å². The van der Waals surface area contributed by atoms with E-state index in [9.17, 15) is 14.7 Å². The van der Waals surface area contributed by atoms with Crippen molar-refractivity contribution in [3.8, 4) is 0 Å². The maximum absolute atomic E-state index is 12.6. The molecule has 5 nitrogen and oxygen atoms in total. The zero-order valence-corrected chi connectivity index (χ0v) is 15.8. The summed E-state index contributed by atoms with van der Waals surface area (Å²) in [5.41, 5.74) is 2.14. The van der Waals surface area contributed by atoms with Gasteiger partial charge < -0.3 is 9.67 Å². The van der Waals surface area contributed by atoms with E-state index in [2.05, 4.69) is 4.99 Å². The number of carbonyl (C=O) groups is 2. The van der Waals surface area contributed by atoms with Gasteiger partial charge in [0, 0.05) is 10.6 Å². The molecule has 1 amide bonds. The van der Waals surface area contributed by atoms with Crippen LogP contribution in [0.4, 0.5) is 0 Å². The topological polar surface area (TPSA) is 71.7 Å². The maximum atomic E-state index is 12.6. The van der Waals surface area contributed by atoms with Crippen molar-refractivity contribution in [2.75, 3.05) is 0 Å². The first kappa shape index (κ1) is 18.4. The van der Waals surface area contributed by atoms with Crippen molar-refractivity contribution in [1.82, 2.24) is 4.57 Å². The Morgan fingerprint density at radius 1 is 1.27 bits per heavy atom. The summed E-state index contributed by atoms with van der Waals surface area (Å²) in [7, 11) is 0. The van der Waals surface area contributed by atoms with Crippen LogP contribution >= 0.6 is 22.9 Å². The number of hydrogen-bond donors (Lipinski definition) is 1. The molecule has 2 aromatic carbocycles. The number of rotatable bonds is 4. The van der Waals surface area contributed by atoms with Crippen molar-refractivity contribution in [3.05, 3.63) is 63.4 Å². The van der Waals surface area contributed by atoms with Gasteiger partial charge in [0.05, 0.1) is 10.2 Å². The normalized spacial score (nSPS) is 13.1. The lowest BCUT2D eigenvalue weighted by Crippen LogP contribution is -2.27. The number of carbonyl (C=O) groups excluding carboxylic acids is 1. The number of aromatic nitrogens is 1. The number of fused-ring (bicyclic) bond motifs is 1. The fourth-order valence-corrected chi connectivity index (χ4v) is 4.01. The Labute approximate surface area is 159 Å². The van der Waals surface area contributed by atoms with E-state index >= 15 is 0 Å². The Morgan fingerprint density at radius 2 is 2.04 bits per heavy atom. The molecule has 0 saturated carbocycles. The van der Waals surface area contributed by atoms with E-state index in [4.69, 9.17) is 11.6 Å². The Hall–Kier alpha value is -2.44. The monoisotopic (exact) mass is 388 g/mol. The van der Waals surface area contributed by atoms with E-state index in [1.165, 1.54) is 11.3 Å². The Morgan fingerprint density at radius 3 is 2.69 bits per heavy atom. The lowest BCUT2D eigenvalue weighted by Gasteiger charge is -2.13. The van der Waals surface area contributed by atoms with Crippen molar-refractivity contribution in [3.63, 3.8) is 0 Å². The highest BCUT2D eigenvalue weighted by atomic mass is 35.5. The van der Waals surface area contributed by atoms with Crippen LogP contribution in [0.2, 0.25) is 5.02 Å². The zero-order valence-electron chi connectivity index (χ0n) is 14.3. The van der Waals surface area contributed by atoms with Crippen LogP contribution in [-0.4, -0.2) is 21.6 Å². The minimum absolute atomic E-state index is 0.362.